The lowest BCUT2D eigenvalue weighted by Crippen LogP contribution is -2.46. The lowest BCUT2D eigenvalue weighted by molar-refractivity contribution is 0.0703. The predicted octanol–water partition coefficient (Wildman–Crippen LogP) is 2.63. The van der Waals surface area contributed by atoms with Crippen molar-refractivity contribution in [3.8, 4) is 10.6 Å². The number of carbonyl (C=O) groups is 1. The van der Waals surface area contributed by atoms with E-state index in [1.54, 1.807) is 6.20 Å². The van der Waals surface area contributed by atoms with Crippen molar-refractivity contribution in [3.05, 3.63) is 41.4 Å². The molecule has 1 aliphatic rings. The molecule has 1 unspecified atom stereocenters. The first-order valence-corrected chi connectivity index (χ1v) is 8.07. The predicted molar refractivity (Wildman–Crippen MR) is 85.5 cm³/mol. The number of rotatable bonds is 3. The van der Waals surface area contributed by atoms with Gasteiger partial charge >= 0.3 is 0 Å². The molecule has 1 aromatic carbocycles. The van der Waals surface area contributed by atoms with Crippen LogP contribution in [0, 0.1) is 0 Å². The van der Waals surface area contributed by atoms with Crippen molar-refractivity contribution in [2.45, 2.75) is 18.9 Å². The van der Waals surface area contributed by atoms with E-state index < -0.39 is 0 Å². The molecule has 1 aliphatic heterocycles. The average Bonchev–Trinajstić information content (AvgIpc) is 3.05. The third-order valence-electron chi connectivity index (χ3n) is 3.85. The fourth-order valence-electron chi connectivity index (χ4n) is 2.64. The van der Waals surface area contributed by atoms with Gasteiger partial charge in [0.1, 0.15) is 9.88 Å². The van der Waals surface area contributed by atoms with Crippen LogP contribution in [0.3, 0.4) is 0 Å². The van der Waals surface area contributed by atoms with Gasteiger partial charge in [-0.3, -0.25) is 4.79 Å². The normalized spacial score (nSPS) is 18.7. The first-order chi connectivity index (χ1) is 10.3. The Hall–Kier alpha value is -1.72. The number of benzene rings is 1. The fraction of sp³-hybridized carbons (Fsp3) is 0.375. The number of likely N-dealkylation sites (tertiary alicyclic amines) is 1. The second kappa shape index (κ2) is 6.37. The highest BCUT2D eigenvalue weighted by molar-refractivity contribution is 7.16. The Balaban J connectivity index is 1.75. The number of aromatic nitrogens is 1. The lowest BCUT2D eigenvalue weighted by Gasteiger charge is -2.32. The van der Waals surface area contributed by atoms with Gasteiger partial charge in [0.2, 0.25) is 0 Å². The first-order valence-electron chi connectivity index (χ1n) is 7.25. The fourth-order valence-corrected chi connectivity index (χ4v) is 3.53. The zero-order valence-corrected chi connectivity index (χ0v) is 12.9. The minimum atomic E-state index is 0.106. The van der Waals surface area contributed by atoms with Crippen LogP contribution in [0.2, 0.25) is 0 Å². The number of amides is 1. The van der Waals surface area contributed by atoms with Gasteiger partial charge in [0.15, 0.2) is 0 Å². The van der Waals surface area contributed by atoms with E-state index in [1.165, 1.54) is 11.3 Å². The quantitative estimate of drug-likeness (QED) is 0.948. The standard InChI is InChI=1S/C16H19N3OS/c1-17-13-8-5-9-19(11-13)16(20)14-10-18-15(21-14)12-6-3-2-4-7-12/h2-4,6-7,10,13,17H,5,8-9,11H2,1H3. The molecule has 4 nitrogen and oxygen atoms in total. The van der Waals surface area contributed by atoms with E-state index in [0.717, 1.165) is 41.4 Å². The Kier molecular flexibility index (Phi) is 4.31. The highest BCUT2D eigenvalue weighted by Gasteiger charge is 2.24. The summed E-state index contributed by atoms with van der Waals surface area (Å²) in [6, 6.07) is 10.4. The summed E-state index contributed by atoms with van der Waals surface area (Å²) >= 11 is 1.47. The number of hydrogen-bond acceptors (Lipinski definition) is 4. The maximum Gasteiger partial charge on any atom is 0.265 e. The molecule has 2 heterocycles. The van der Waals surface area contributed by atoms with Crippen molar-refractivity contribution in [3.63, 3.8) is 0 Å². The number of thiazole rings is 1. The molecule has 0 spiro atoms. The zero-order valence-electron chi connectivity index (χ0n) is 12.1. The zero-order chi connectivity index (χ0) is 14.7. The summed E-state index contributed by atoms with van der Waals surface area (Å²) in [5, 5.41) is 4.17. The van der Waals surface area contributed by atoms with Crippen LogP contribution in [-0.2, 0) is 0 Å². The van der Waals surface area contributed by atoms with Crippen molar-refractivity contribution >= 4 is 17.2 Å². The van der Waals surface area contributed by atoms with Gasteiger partial charge in [-0.2, -0.15) is 0 Å². The second-order valence-electron chi connectivity index (χ2n) is 5.27. The molecule has 110 valence electrons. The monoisotopic (exact) mass is 301 g/mol. The van der Waals surface area contributed by atoms with Crippen LogP contribution in [0.25, 0.3) is 10.6 Å². The maximum atomic E-state index is 12.6. The third kappa shape index (κ3) is 3.14. The number of carbonyl (C=O) groups excluding carboxylic acids is 1. The summed E-state index contributed by atoms with van der Waals surface area (Å²) in [5.41, 5.74) is 1.06. The topological polar surface area (TPSA) is 45.2 Å². The van der Waals surface area contributed by atoms with Gasteiger partial charge < -0.3 is 10.2 Å². The third-order valence-corrected chi connectivity index (χ3v) is 4.89. The second-order valence-corrected chi connectivity index (χ2v) is 6.31. The Morgan fingerprint density at radius 3 is 2.95 bits per heavy atom. The molecule has 5 heteroatoms. The highest BCUT2D eigenvalue weighted by Crippen LogP contribution is 2.26. The summed E-state index contributed by atoms with van der Waals surface area (Å²) < 4.78 is 0. The van der Waals surface area contributed by atoms with E-state index in [-0.39, 0.29) is 5.91 Å². The van der Waals surface area contributed by atoms with Crippen molar-refractivity contribution in [1.82, 2.24) is 15.2 Å². The first kappa shape index (κ1) is 14.2. The van der Waals surface area contributed by atoms with Crippen molar-refractivity contribution < 1.29 is 4.79 Å². The molecule has 1 aromatic heterocycles. The highest BCUT2D eigenvalue weighted by atomic mass is 32.1. The van der Waals surface area contributed by atoms with Crippen LogP contribution in [0.5, 0.6) is 0 Å². The number of piperidine rings is 1. The van der Waals surface area contributed by atoms with E-state index in [4.69, 9.17) is 0 Å². The lowest BCUT2D eigenvalue weighted by atomic mass is 10.1. The number of likely N-dealkylation sites (N-methyl/N-ethyl adjacent to an activating group) is 1. The molecular formula is C16H19N3OS. The number of hydrogen-bond donors (Lipinski definition) is 1. The Morgan fingerprint density at radius 1 is 1.38 bits per heavy atom. The molecule has 0 bridgehead atoms. The van der Waals surface area contributed by atoms with Crippen LogP contribution >= 0.6 is 11.3 Å². The molecule has 0 radical (unpaired) electrons. The Morgan fingerprint density at radius 2 is 2.19 bits per heavy atom. The van der Waals surface area contributed by atoms with Gasteiger partial charge in [0.05, 0.1) is 6.20 Å². The summed E-state index contributed by atoms with van der Waals surface area (Å²) in [6.07, 6.45) is 3.90. The minimum absolute atomic E-state index is 0.106. The van der Waals surface area contributed by atoms with Crippen LogP contribution in [0.4, 0.5) is 0 Å². The van der Waals surface area contributed by atoms with Crippen molar-refractivity contribution in [1.29, 1.82) is 0 Å². The molecule has 0 saturated carbocycles. The smallest absolute Gasteiger partial charge is 0.265 e. The van der Waals surface area contributed by atoms with Gasteiger partial charge in [-0.25, -0.2) is 4.98 Å². The van der Waals surface area contributed by atoms with Crippen LogP contribution in [0.15, 0.2) is 36.5 Å². The van der Waals surface area contributed by atoms with Gasteiger partial charge in [-0.05, 0) is 19.9 Å². The molecular weight excluding hydrogens is 282 g/mol. The van der Waals surface area contributed by atoms with Crippen LogP contribution in [0.1, 0.15) is 22.5 Å². The summed E-state index contributed by atoms with van der Waals surface area (Å²) in [4.78, 5) is 19.6. The van der Waals surface area contributed by atoms with Gasteiger partial charge in [0.25, 0.3) is 5.91 Å². The molecule has 1 N–H and O–H groups in total. The molecule has 0 aliphatic carbocycles. The van der Waals surface area contributed by atoms with Gasteiger partial charge in [-0.15, -0.1) is 11.3 Å². The van der Waals surface area contributed by atoms with Gasteiger partial charge in [-0.1, -0.05) is 30.3 Å². The number of nitrogens with one attached hydrogen (secondary N) is 1. The largest absolute Gasteiger partial charge is 0.336 e. The Labute approximate surface area is 128 Å². The number of nitrogens with zero attached hydrogens (tertiary/aromatic N) is 2. The molecule has 21 heavy (non-hydrogen) atoms. The van der Waals surface area contributed by atoms with E-state index in [9.17, 15) is 4.79 Å². The van der Waals surface area contributed by atoms with E-state index >= 15 is 0 Å². The van der Waals surface area contributed by atoms with E-state index in [2.05, 4.69) is 10.3 Å². The van der Waals surface area contributed by atoms with Gasteiger partial charge in [0, 0.05) is 24.7 Å². The molecule has 1 atom stereocenters. The molecule has 1 fully saturated rings. The van der Waals surface area contributed by atoms with Crippen LogP contribution < -0.4 is 5.32 Å². The molecule has 2 aromatic rings. The van der Waals surface area contributed by atoms with Crippen molar-refractivity contribution in [2.24, 2.45) is 0 Å². The molecule has 3 rings (SSSR count). The summed E-state index contributed by atoms with van der Waals surface area (Å²) in [6.45, 7) is 1.63. The van der Waals surface area contributed by atoms with E-state index in [1.807, 2.05) is 42.3 Å². The summed E-state index contributed by atoms with van der Waals surface area (Å²) in [5.74, 6) is 0.106. The SMILES string of the molecule is CNC1CCCN(C(=O)c2cnc(-c3ccccc3)s2)C1. The van der Waals surface area contributed by atoms with Crippen molar-refractivity contribution in [2.75, 3.05) is 20.1 Å². The van der Waals surface area contributed by atoms with E-state index in [0.29, 0.717) is 6.04 Å². The minimum Gasteiger partial charge on any atom is -0.336 e. The molecule has 1 saturated heterocycles. The maximum absolute atomic E-state index is 12.6. The summed E-state index contributed by atoms with van der Waals surface area (Å²) in [7, 11) is 1.96. The average molecular weight is 301 g/mol. The molecule has 1 amide bonds. The Bertz CT molecular complexity index is 611. The van der Waals surface area contributed by atoms with Crippen LogP contribution in [-0.4, -0.2) is 42.0 Å².